The second-order valence-electron chi connectivity index (χ2n) is 6.14. The number of amides is 1. The number of esters is 1. The normalized spacial score (nSPS) is 12.8. The van der Waals surface area contributed by atoms with E-state index in [1.165, 1.54) is 49.4 Å². The zero-order valence-electron chi connectivity index (χ0n) is 16.2. The second-order valence-corrected chi connectivity index (χ2v) is 9.46. The zero-order chi connectivity index (χ0) is 22.5. The third-order valence-electron chi connectivity index (χ3n) is 3.82. The molecule has 0 saturated heterocycles. The van der Waals surface area contributed by atoms with Gasteiger partial charge < -0.3 is 10.1 Å². The maximum Gasteiger partial charge on any atom is 0.338 e. The molecule has 0 radical (unpaired) electrons. The summed E-state index contributed by atoms with van der Waals surface area (Å²) in [5.41, 5.74) is 0.236. The SMILES string of the molecule is CCNS(=O)(=O)c1cccc(C(=O)OC(C)C(=O)Nc2ccc(S(N)(=O)=O)cc2)c1. The topological polar surface area (TPSA) is 162 Å². The Balaban J connectivity index is 2.06. The number of nitrogens with one attached hydrogen (secondary N) is 2. The Morgan fingerprint density at radius 1 is 1.03 bits per heavy atom. The summed E-state index contributed by atoms with van der Waals surface area (Å²) in [6.07, 6.45) is -1.20. The molecule has 0 saturated carbocycles. The third kappa shape index (κ3) is 6.10. The minimum atomic E-state index is -3.86. The molecule has 0 aliphatic carbocycles. The molecule has 162 valence electrons. The van der Waals surface area contributed by atoms with Crippen LogP contribution in [-0.2, 0) is 29.6 Å². The molecule has 30 heavy (non-hydrogen) atoms. The Morgan fingerprint density at radius 2 is 1.67 bits per heavy atom. The number of sulfonamides is 2. The number of anilines is 1. The average molecular weight is 456 g/mol. The van der Waals surface area contributed by atoms with E-state index in [0.29, 0.717) is 0 Å². The quantitative estimate of drug-likeness (QED) is 0.496. The number of benzene rings is 2. The van der Waals surface area contributed by atoms with Gasteiger partial charge in [0.15, 0.2) is 6.10 Å². The lowest BCUT2D eigenvalue weighted by molar-refractivity contribution is -0.123. The first-order valence-corrected chi connectivity index (χ1v) is 11.7. The minimum absolute atomic E-state index is 0.0360. The van der Waals surface area contributed by atoms with Crippen LogP contribution < -0.4 is 15.2 Å². The van der Waals surface area contributed by atoms with Crippen molar-refractivity contribution < 1.29 is 31.2 Å². The van der Waals surface area contributed by atoms with Crippen molar-refractivity contribution in [1.29, 1.82) is 0 Å². The van der Waals surface area contributed by atoms with Crippen molar-refractivity contribution in [3.05, 3.63) is 54.1 Å². The summed E-state index contributed by atoms with van der Waals surface area (Å²) in [5, 5.41) is 7.48. The van der Waals surface area contributed by atoms with Crippen LogP contribution in [-0.4, -0.2) is 41.4 Å². The Morgan fingerprint density at radius 3 is 2.23 bits per heavy atom. The van der Waals surface area contributed by atoms with E-state index >= 15 is 0 Å². The lowest BCUT2D eigenvalue weighted by atomic mass is 10.2. The number of rotatable bonds is 8. The minimum Gasteiger partial charge on any atom is -0.449 e. The molecule has 1 atom stereocenters. The van der Waals surface area contributed by atoms with Gasteiger partial charge in [0, 0.05) is 12.2 Å². The standard InChI is InChI=1S/C18H21N3O7S2/c1-3-20-30(26,27)16-6-4-5-13(11-16)18(23)28-12(2)17(22)21-14-7-9-15(10-8-14)29(19,24)25/h4-12,20H,3H2,1-2H3,(H,21,22)(H2,19,24,25). The molecule has 1 unspecified atom stereocenters. The van der Waals surface area contributed by atoms with Gasteiger partial charge in [0.2, 0.25) is 20.0 Å². The molecule has 0 spiro atoms. The number of hydrogen-bond donors (Lipinski definition) is 3. The van der Waals surface area contributed by atoms with Crippen molar-refractivity contribution in [1.82, 2.24) is 4.72 Å². The first kappa shape index (κ1) is 23.5. The van der Waals surface area contributed by atoms with Gasteiger partial charge in [0.25, 0.3) is 5.91 Å². The van der Waals surface area contributed by atoms with E-state index in [-0.39, 0.29) is 27.6 Å². The van der Waals surface area contributed by atoms with E-state index in [0.717, 1.165) is 6.07 Å². The molecule has 4 N–H and O–H groups in total. The van der Waals surface area contributed by atoms with E-state index in [9.17, 15) is 26.4 Å². The summed E-state index contributed by atoms with van der Waals surface area (Å²) >= 11 is 0. The fraction of sp³-hybridized carbons (Fsp3) is 0.222. The molecule has 1 amide bonds. The molecule has 0 bridgehead atoms. The summed E-state index contributed by atoms with van der Waals surface area (Å²) in [6, 6.07) is 10.3. The van der Waals surface area contributed by atoms with Gasteiger partial charge in [-0.15, -0.1) is 0 Å². The van der Waals surface area contributed by atoms with Crippen LogP contribution in [0, 0.1) is 0 Å². The number of carbonyl (C=O) groups excluding carboxylic acids is 2. The zero-order valence-corrected chi connectivity index (χ0v) is 17.8. The van der Waals surface area contributed by atoms with Gasteiger partial charge in [-0.05, 0) is 49.4 Å². The van der Waals surface area contributed by atoms with Gasteiger partial charge in [-0.1, -0.05) is 13.0 Å². The van der Waals surface area contributed by atoms with Gasteiger partial charge in [0.05, 0.1) is 15.4 Å². The van der Waals surface area contributed by atoms with E-state index in [1.54, 1.807) is 6.92 Å². The molecule has 2 aromatic rings. The van der Waals surface area contributed by atoms with Crippen molar-refractivity contribution >= 4 is 37.6 Å². The van der Waals surface area contributed by atoms with Crippen LogP contribution in [0.1, 0.15) is 24.2 Å². The molecular weight excluding hydrogens is 434 g/mol. The molecule has 0 heterocycles. The van der Waals surface area contributed by atoms with Crippen molar-refractivity contribution in [2.24, 2.45) is 5.14 Å². The lowest BCUT2D eigenvalue weighted by Gasteiger charge is -2.14. The molecule has 0 aliphatic rings. The number of ether oxygens (including phenoxy) is 1. The number of primary sulfonamides is 1. The molecule has 0 fully saturated rings. The molecule has 10 nitrogen and oxygen atoms in total. The maximum atomic E-state index is 12.3. The van der Waals surface area contributed by atoms with Gasteiger partial charge >= 0.3 is 5.97 Å². The highest BCUT2D eigenvalue weighted by Crippen LogP contribution is 2.15. The smallest absolute Gasteiger partial charge is 0.338 e. The fourth-order valence-corrected chi connectivity index (χ4v) is 3.92. The van der Waals surface area contributed by atoms with Crippen molar-refractivity contribution in [2.75, 3.05) is 11.9 Å². The van der Waals surface area contributed by atoms with Crippen molar-refractivity contribution in [3.8, 4) is 0 Å². The number of hydrogen-bond acceptors (Lipinski definition) is 7. The largest absolute Gasteiger partial charge is 0.449 e. The van der Waals surface area contributed by atoms with E-state index < -0.39 is 38.0 Å². The Bertz CT molecular complexity index is 1140. The molecule has 2 rings (SSSR count). The van der Waals surface area contributed by atoms with Gasteiger partial charge in [-0.25, -0.2) is 31.5 Å². The fourth-order valence-electron chi connectivity index (χ4n) is 2.32. The first-order valence-electron chi connectivity index (χ1n) is 8.68. The van der Waals surface area contributed by atoms with Gasteiger partial charge in [-0.2, -0.15) is 0 Å². The van der Waals surface area contributed by atoms with Crippen LogP contribution in [0.5, 0.6) is 0 Å². The summed E-state index contributed by atoms with van der Waals surface area (Å²) in [4.78, 5) is 24.3. The summed E-state index contributed by atoms with van der Waals surface area (Å²) in [6.45, 7) is 3.15. The van der Waals surface area contributed by atoms with Gasteiger partial charge in [-0.3, -0.25) is 4.79 Å². The van der Waals surface area contributed by atoms with Gasteiger partial charge in [0.1, 0.15) is 0 Å². The predicted molar refractivity (Wildman–Crippen MR) is 109 cm³/mol. The molecule has 2 aromatic carbocycles. The van der Waals surface area contributed by atoms with Crippen molar-refractivity contribution in [2.45, 2.75) is 29.7 Å². The second kappa shape index (κ2) is 9.34. The van der Waals surface area contributed by atoms with Crippen LogP contribution in [0.4, 0.5) is 5.69 Å². The van der Waals surface area contributed by atoms with E-state index in [1.807, 2.05) is 0 Å². The van der Waals surface area contributed by atoms with Crippen molar-refractivity contribution in [3.63, 3.8) is 0 Å². The molecule has 12 heteroatoms. The highest BCUT2D eigenvalue weighted by molar-refractivity contribution is 7.89. The summed E-state index contributed by atoms with van der Waals surface area (Å²) in [5.74, 6) is -1.54. The van der Waals surface area contributed by atoms with E-state index in [2.05, 4.69) is 10.0 Å². The monoisotopic (exact) mass is 455 g/mol. The van der Waals surface area contributed by atoms with Crippen LogP contribution in [0.3, 0.4) is 0 Å². The first-order chi connectivity index (χ1) is 13.9. The van der Waals surface area contributed by atoms with Crippen LogP contribution in [0.25, 0.3) is 0 Å². The predicted octanol–water partition coefficient (Wildman–Crippen LogP) is 0.816. The van der Waals surface area contributed by atoms with E-state index in [4.69, 9.17) is 9.88 Å². The van der Waals surface area contributed by atoms with Crippen LogP contribution in [0.15, 0.2) is 58.3 Å². The average Bonchev–Trinajstić information content (AvgIpc) is 2.67. The lowest BCUT2D eigenvalue weighted by Crippen LogP contribution is -2.30. The highest BCUT2D eigenvalue weighted by atomic mass is 32.2. The maximum absolute atomic E-state index is 12.3. The van der Waals surface area contributed by atoms with Crippen LogP contribution >= 0.6 is 0 Å². The Labute approximate surface area is 174 Å². The third-order valence-corrected chi connectivity index (χ3v) is 6.29. The molecular formula is C18H21N3O7S2. The molecule has 0 aromatic heterocycles. The molecule has 0 aliphatic heterocycles. The number of carbonyl (C=O) groups is 2. The Hall–Kier alpha value is -2.80. The summed E-state index contributed by atoms with van der Waals surface area (Å²) in [7, 11) is -7.61. The summed E-state index contributed by atoms with van der Waals surface area (Å²) < 4.78 is 54.0. The number of nitrogens with two attached hydrogens (primary N) is 1. The Kier molecular flexibility index (Phi) is 7.31. The highest BCUT2D eigenvalue weighted by Gasteiger charge is 2.21. The van der Waals surface area contributed by atoms with Crippen LogP contribution in [0.2, 0.25) is 0 Å².